The first-order chi connectivity index (χ1) is 16.1. The van der Waals surface area contributed by atoms with Crippen LogP contribution in [0, 0.1) is 6.92 Å². The molecule has 0 spiro atoms. The number of para-hydroxylation sites is 2. The smallest absolute Gasteiger partial charge is 0.265 e. The zero-order chi connectivity index (χ0) is 22.5. The summed E-state index contributed by atoms with van der Waals surface area (Å²) in [4.78, 5) is 28.5. The molecule has 7 heteroatoms. The number of rotatable bonds is 4. The van der Waals surface area contributed by atoms with E-state index in [-0.39, 0.29) is 11.7 Å². The standard InChI is InChI=1S/C26H25N5O2/c1-3-17-10-12-18(13-11-17)31-24-22(23-25(31)29-21-9-5-4-8-20(21)28-23)26(32)30(16(2)27-24)15-19-7-6-14-33-19/h4-5,8-13,19H,3,6-7,14-15H2,1-2H3/t19-/m1/s1. The van der Waals surface area contributed by atoms with E-state index in [0.29, 0.717) is 34.6 Å². The molecule has 0 bridgehead atoms. The maximum Gasteiger partial charge on any atom is 0.265 e. The summed E-state index contributed by atoms with van der Waals surface area (Å²) in [5, 5.41) is 0.506. The summed E-state index contributed by atoms with van der Waals surface area (Å²) in [5.74, 6) is 0.668. The predicted octanol–water partition coefficient (Wildman–Crippen LogP) is 4.33. The summed E-state index contributed by atoms with van der Waals surface area (Å²) in [6.45, 7) is 5.27. The van der Waals surface area contributed by atoms with Crippen molar-refractivity contribution in [2.45, 2.75) is 45.8 Å². The third kappa shape index (κ3) is 3.23. The summed E-state index contributed by atoms with van der Waals surface area (Å²) in [6.07, 6.45) is 2.99. The molecule has 3 aromatic heterocycles. The fourth-order valence-electron chi connectivity index (χ4n) is 4.76. The molecule has 0 saturated carbocycles. The van der Waals surface area contributed by atoms with Crippen LogP contribution in [0.1, 0.15) is 31.2 Å². The van der Waals surface area contributed by atoms with Gasteiger partial charge < -0.3 is 4.74 Å². The number of hydrogen-bond donors (Lipinski definition) is 0. The van der Waals surface area contributed by atoms with Crippen LogP contribution in [0.5, 0.6) is 0 Å². The molecule has 1 atom stereocenters. The Labute approximate surface area is 190 Å². The maximum atomic E-state index is 13.8. The van der Waals surface area contributed by atoms with Gasteiger partial charge in [0.25, 0.3) is 5.56 Å². The van der Waals surface area contributed by atoms with Gasteiger partial charge in [-0.2, -0.15) is 0 Å². The summed E-state index contributed by atoms with van der Waals surface area (Å²) in [7, 11) is 0. The topological polar surface area (TPSA) is 74.8 Å². The lowest BCUT2D eigenvalue weighted by Crippen LogP contribution is -2.29. The van der Waals surface area contributed by atoms with Crippen LogP contribution >= 0.6 is 0 Å². The van der Waals surface area contributed by atoms with Crippen molar-refractivity contribution in [2.24, 2.45) is 0 Å². The molecule has 33 heavy (non-hydrogen) atoms. The molecule has 1 aliphatic rings. The van der Waals surface area contributed by atoms with Crippen molar-refractivity contribution in [2.75, 3.05) is 6.61 Å². The molecule has 0 radical (unpaired) electrons. The molecule has 5 aromatic rings. The highest BCUT2D eigenvalue weighted by Gasteiger charge is 2.24. The van der Waals surface area contributed by atoms with Crippen LogP contribution < -0.4 is 5.56 Å². The summed E-state index contributed by atoms with van der Waals surface area (Å²) < 4.78 is 9.50. The molecule has 4 heterocycles. The Morgan fingerprint density at radius 2 is 1.76 bits per heavy atom. The second-order valence-electron chi connectivity index (χ2n) is 8.65. The zero-order valence-electron chi connectivity index (χ0n) is 18.8. The molecule has 0 unspecified atom stereocenters. The number of nitrogens with zero attached hydrogens (tertiary/aromatic N) is 5. The molecule has 1 aliphatic heterocycles. The highest BCUT2D eigenvalue weighted by atomic mass is 16.5. The van der Waals surface area contributed by atoms with E-state index in [1.54, 1.807) is 4.57 Å². The maximum absolute atomic E-state index is 13.8. The largest absolute Gasteiger partial charge is 0.376 e. The van der Waals surface area contributed by atoms with E-state index < -0.39 is 0 Å². The minimum absolute atomic E-state index is 0.0440. The average molecular weight is 440 g/mol. The molecule has 1 saturated heterocycles. The van der Waals surface area contributed by atoms with Gasteiger partial charge in [0.05, 0.1) is 23.7 Å². The highest BCUT2D eigenvalue weighted by molar-refractivity contribution is 6.05. The minimum Gasteiger partial charge on any atom is -0.376 e. The monoisotopic (exact) mass is 439 g/mol. The van der Waals surface area contributed by atoms with E-state index in [9.17, 15) is 4.79 Å². The van der Waals surface area contributed by atoms with Crippen LogP contribution in [-0.4, -0.2) is 36.8 Å². The van der Waals surface area contributed by atoms with Gasteiger partial charge in [-0.15, -0.1) is 0 Å². The predicted molar refractivity (Wildman–Crippen MR) is 129 cm³/mol. The van der Waals surface area contributed by atoms with Crippen LogP contribution in [0.4, 0.5) is 0 Å². The molecular formula is C26H25N5O2. The van der Waals surface area contributed by atoms with Gasteiger partial charge in [0.15, 0.2) is 11.3 Å². The molecule has 0 N–H and O–H groups in total. The first kappa shape index (κ1) is 20.1. The first-order valence-corrected chi connectivity index (χ1v) is 11.5. The van der Waals surface area contributed by atoms with E-state index in [4.69, 9.17) is 19.7 Å². The lowest BCUT2D eigenvalue weighted by molar-refractivity contribution is 0.0955. The normalized spacial score (nSPS) is 16.4. The SMILES string of the molecule is CCc1ccc(-n2c3nc4ccccc4nc3c3c(=O)n(C[C@H]4CCCO4)c(C)nc32)cc1. The van der Waals surface area contributed by atoms with Crippen molar-refractivity contribution < 1.29 is 4.74 Å². The van der Waals surface area contributed by atoms with Crippen LogP contribution in [0.3, 0.4) is 0 Å². The Balaban J connectivity index is 1.69. The second-order valence-corrected chi connectivity index (χ2v) is 8.65. The number of fused-ring (bicyclic) bond motifs is 4. The number of benzene rings is 2. The van der Waals surface area contributed by atoms with Crippen molar-refractivity contribution in [3.05, 3.63) is 70.3 Å². The van der Waals surface area contributed by atoms with E-state index in [0.717, 1.165) is 42.6 Å². The Bertz CT molecular complexity index is 1560. The molecule has 166 valence electrons. The first-order valence-electron chi connectivity index (χ1n) is 11.5. The van der Waals surface area contributed by atoms with Gasteiger partial charge >= 0.3 is 0 Å². The van der Waals surface area contributed by atoms with Crippen molar-refractivity contribution in [1.29, 1.82) is 0 Å². The van der Waals surface area contributed by atoms with E-state index in [2.05, 4.69) is 31.2 Å². The molecule has 1 fully saturated rings. The van der Waals surface area contributed by atoms with Gasteiger partial charge in [-0.25, -0.2) is 15.0 Å². The molecule has 0 aliphatic carbocycles. The van der Waals surface area contributed by atoms with Gasteiger partial charge in [-0.3, -0.25) is 13.9 Å². The second kappa shape index (κ2) is 7.78. The van der Waals surface area contributed by atoms with Gasteiger partial charge in [-0.1, -0.05) is 31.2 Å². The Morgan fingerprint density at radius 1 is 1.00 bits per heavy atom. The highest BCUT2D eigenvalue weighted by Crippen LogP contribution is 2.29. The molecular weight excluding hydrogens is 414 g/mol. The zero-order valence-corrected chi connectivity index (χ0v) is 18.8. The quantitative estimate of drug-likeness (QED) is 0.417. The molecule has 2 aromatic carbocycles. The number of ether oxygens (including phenoxy) is 1. The third-order valence-electron chi connectivity index (χ3n) is 6.57. The summed E-state index contributed by atoms with van der Waals surface area (Å²) in [6, 6.07) is 16.1. The van der Waals surface area contributed by atoms with Crippen LogP contribution in [0.15, 0.2) is 53.3 Å². The van der Waals surface area contributed by atoms with Crippen molar-refractivity contribution in [1.82, 2.24) is 24.1 Å². The Kier molecular flexibility index (Phi) is 4.73. The van der Waals surface area contributed by atoms with Gasteiger partial charge in [0.1, 0.15) is 16.7 Å². The minimum atomic E-state index is -0.0912. The average Bonchev–Trinajstić information content (AvgIpc) is 3.46. The fraction of sp³-hybridized carbons (Fsp3) is 0.308. The van der Waals surface area contributed by atoms with E-state index in [1.165, 1.54) is 5.56 Å². The van der Waals surface area contributed by atoms with E-state index >= 15 is 0 Å². The number of hydrogen-bond acceptors (Lipinski definition) is 5. The van der Waals surface area contributed by atoms with Crippen molar-refractivity contribution >= 4 is 33.2 Å². The van der Waals surface area contributed by atoms with Gasteiger partial charge in [-0.05, 0) is 56.0 Å². The van der Waals surface area contributed by atoms with Crippen LogP contribution in [-0.2, 0) is 17.7 Å². The number of aromatic nitrogens is 5. The summed E-state index contributed by atoms with van der Waals surface area (Å²) >= 11 is 0. The van der Waals surface area contributed by atoms with Crippen LogP contribution in [0.25, 0.3) is 38.9 Å². The number of aryl methyl sites for hydroxylation is 2. The molecule has 7 nitrogen and oxygen atoms in total. The molecule has 0 amide bonds. The lowest BCUT2D eigenvalue weighted by atomic mass is 10.1. The third-order valence-corrected chi connectivity index (χ3v) is 6.57. The van der Waals surface area contributed by atoms with Gasteiger partial charge in [0.2, 0.25) is 0 Å². The van der Waals surface area contributed by atoms with Gasteiger partial charge in [0, 0.05) is 12.3 Å². The van der Waals surface area contributed by atoms with E-state index in [1.807, 2.05) is 35.8 Å². The molecule has 6 rings (SSSR count). The summed E-state index contributed by atoms with van der Waals surface area (Å²) in [5.41, 5.74) is 5.45. The Morgan fingerprint density at radius 3 is 2.45 bits per heavy atom. The fourth-order valence-corrected chi connectivity index (χ4v) is 4.76. The lowest BCUT2D eigenvalue weighted by Gasteiger charge is -2.14. The van der Waals surface area contributed by atoms with Crippen molar-refractivity contribution in [3.63, 3.8) is 0 Å². The Hall–Kier alpha value is -3.58. The van der Waals surface area contributed by atoms with Crippen molar-refractivity contribution in [3.8, 4) is 5.69 Å². The van der Waals surface area contributed by atoms with Crippen LogP contribution in [0.2, 0.25) is 0 Å².